The number of aliphatic carboxylic acids is 1. The third-order valence-electron chi connectivity index (χ3n) is 2.61. The summed E-state index contributed by atoms with van der Waals surface area (Å²) < 4.78 is 0. The average molecular weight is 230 g/mol. The third kappa shape index (κ3) is 4.18. The van der Waals surface area contributed by atoms with Gasteiger partial charge in [0.05, 0.1) is 0 Å². The summed E-state index contributed by atoms with van der Waals surface area (Å²) in [5.41, 5.74) is 0. The molecule has 0 radical (unpaired) electrons. The number of carboxylic acid groups (broad SMARTS) is 1. The second-order valence-corrected chi connectivity index (χ2v) is 3.92. The molecule has 2 N–H and O–H groups in total. The highest BCUT2D eigenvalue weighted by Gasteiger charge is 2.27. The minimum Gasteiger partial charge on any atom is -0.480 e. The molecular weight excluding hydrogens is 208 g/mol. The van der Waals surface area contributed by atoms with E-state index in [0.29, 0.717) is 13.0 Å². The molecule has 2 atom stereocenters. The van der Waals surface area contributed by atoms with Gasteiger partial charge in [0.2, 0.25) is 5.91 Å². The molecule has 0 saturated carbocycles. The highest BCUT2D eigenvalue weighted by molar-refractivity contribution is 5.84. The minimum atomic E-state index is -0.950. The fraction of sp³-hybridized carbons (Fsp3) is 0.818. The summed E-state index contributed by atoms with van der Waals surface area (Å²) in [5.74, 6) is -1.28. The molecule has 0 rings (SSSR count). The van der Waals surface area contributed by atoms with Crippen molar-refractivity contribution in [1.82, 2.24) is 10.2 Å². The number of nitrogens with one attached hydrogen (secondary N) is 1. The van der Waals surface area contributed by atoms with Crippen molar-refractivity contribution >= 4 is 11.9 Å². The fourth-order valence-electron chi connectivity index (χ4n) is 1.56. The van der Waals surface area contributed by atoms with Crippen LogP contribution in [0.2, 0.25) is 0 Å². The number of nitrogens with zero attached hydrogens (tertiary/aromatic N) is 1. The maximum atomic E-state index is 11.9. The van der Waals surface area contributed by atoms with Crippen LogP contribution in [0.1, 0.15) is 27.2 Å². The molecule has 0 bridgehead atoms. The lowest BCUT2D eigenvalue weighted by molar-refractivity contribution is -0.150. The van der Waals surface area contributed by atoms with Crippen molar-refractivity contribution in [3.8, 4) is 0 Å². The second kappa shape index (κ2) is 7.22. The standard InChI is InChI=1S/C11H22N2O3/c1-5-9(11(15)16)13(4)10(14)8(3)7-12-6-2/h8-9,12H,5-7H2,1-4H3,(H,15,16). The zero-order valence-electron chi connectivity index (χ0n) is 10.5. The summed E-state index contributed by atoms with van der Waals surface area (Å²) >= 11 is 0. The number of likely N-dealkylation sites (N-methyl/N-ethyl adjacent to an activating group) is 1. The first kappa shape index (κ1) is 14.9. The van der Waals surface area contributed by atoms with Crippen molar-refractivity contribution in [1.29, 1.82) is 0 Å². The van der Waals surface area contributed by atoms with Gasteiger partial charge in [-0.1, -0.05) is 20.8 Å². The third-order valence-corrected chi connectivity index (χ3v) is 2.61. The van der Waals surface area contributed by atoms with Gasteiger partial charge in [0, 0.05) is 19.5 Å². The van der Waals surface area contributed by atoms with Gasteiger partial charge in [0.1, 0.15) is 6.04 Å². The van der Waals surface area contributed by atoms with Gasteiger partial charge in [-0.05, 0) is 13.0 Å². The first-order chi connectivity index (χ1) is 7.45. The fourth-order valence-corrected chi connectivity index (χ4v) is 1.56. The maximum absolute atomic E-state index is 11.9. The lowest BCUT2D eigenvalue weighted by Crippen LogP contribution is -2.46. The Kier molecular flexibility index (Phi) is 6.72. The molecule has 16 heavy (non-hydrogen) atoms. The Labute approximate surface area is 96.8 Å². The zero-order valence-corrected chi connectivity index (χ0v) is 10.5. The molecule has 0 aliphatic carbocycles. The second-order valence-electron chi connectivity index (χ2n) is 3.92. The molecule has 0 fully saturated rings. The van der Waals surface area contributed by atoms with E-state index < -0.39 is 12.0 Å². The minimum absolute atomic E-state index is 0.129. The number of hydrogen-bond acceptors (Lipinski definition) is 3. The maximum Gasteiger partial charge on any atom is 0.326 e. The molecule has 1 amide bonds. The number of carboxylic acids is 1. The van der Waals surface area contributed by atoms with Crippen LogP contribution in [0.15, 0.2) is 0 Å². The van der Waals surface area contributed by atoms with E-state index in [2.05, 4.69) is 5.32 Å². The van der Waals surface area contributed by atoms with Crippen molar-refractivity contribution in [3.05, 3.63) is 0 Å². The highest BCUT2D eigenvalue weighted by atomic mass is 16.4. The Morgan fingerprint density at radius 3 is 2.31 bits per heavy atom. The summed E-state index contributed by atoms with van der Waals surface area (Å²) in [6, 6.07) is -0.725. The van der Waals surface area contributed by atoms with Gasteiger partial charge in [-0.15, -0.1) is 0 Å². The smallest absolute Gasteiger partial charge is 0.326 e. The number of carbonyl (C=O) groups is 2. The van der Waals surface area contributed by atoms with Gasteiger partial charge in [-0.3, -0.25) is 4.79 Å². The SMILES string of the molecule is CCNCC(C)C(=O)N(C)C(CC)C(=O)O. The Hall–Kier alpha value is -1.10. The quantitative estimate of drug-likeness (QED) is 0.670. The molecule has 5 heteroatoms. The van der Waals surface area contributed by atoms with Crippen LogP contribution >= 0.6 is 0 Å². The molecule has 5 nitrogen and oxygen atoms in total. The van der Waals surface area contributed by atoms with Crippen LogP contribution in [0.3, 0.4) is 0 Å². The van der Waals surface area contributed by atoms with Crippen LogP contribution < -0.4 is 5.32 Å². The normalized spacial score (nSPS) is 14.2. The molecule has 0 saturated heterocycles. The van der Waals surface area contributed by atoms with Crippen molar-refractivity contribution in [2.24, 2.45) is 5.92 Å². The molecule has 0 aliphatic rings. The van der Waals surface area contributed by atoms with Crippen LogP contribution in [0.5, 0.6) is 0 Å². The first-order valence-electron chi connectivity index (χ1n) is 5.65. The van der Waals surface area contributed by atoms with Crippen molar-refractivity contribution in [3.63, 3.8) is 0 Å². The molecule has 0 aromatic rings. The van der Waals surface area contributed by atoms with Crippen LogP contribution in [-0.2, 0) is 9.59 Å². The molecule has 94 valence electrons. The molecule has 0 aromatic carbocycles. The Bertz CT molecular complexity index is 243. The predicted molar refractivity (Wildman–Crippen MR) is 62.2 cm³/mol. The summed E-state index contributed by atoms with van der Waals surface area (Å²) in [7, 11) is 1.55. The van der Waals surface area contributed by atoms with Crippen molar-refractivity contribution < 1.29 is 14.7 Å². The molecule has 2 unspecified atom stereocenters. The van der Waals surface area contributed by atoms with E-state index in [4.69, 9.17) is 5.11 Å². The van der Waals surface area contributed by atoms with Crippen molar-refractivity contribution in [2.75, 3.05) is 20.1 Å². The van der Waals surface area contributed by atoms with Gasteiger partial charge < -0.3 is 15.3 Å². The number of hydrogen-bond donors (Lipinski definition) is 2. The van der Waals surface area contributed by atoms with Crippen LogP contribution in [0.4, 0.5) is 0 Å². The van der Waals surface area contributed by atoms with Crippen LogP contribution in [0.25, 0.3) is 0 Å². The molecule has 0 aliphatic heterocycles. The van der Waals surface area contributed by atoms with E-state index in [9.17, 15) is 9.59 Å². The lowest BCUT2D eigenvalue weighted by Gasteiger charge is -2.26. The Morgan fingerprint density at radius 2 is 1.94 bits per heavy atom. The number of amides is 1. The first-order valence-corrected chi connectivity index (χ1v) is 5.65. The molecule has 0 heterocycles. The lowest BCUT2D eigenvalue weighted by atomic mass is 10.1. The number of rotatable bonds is 7. The Balaban J connectivity index is 4.40. The van der Waals surface area contributed by atoms with E-state index in [1.165, 1.54) is 4.90 Å². The highest BCUT2D eigenvalue weighted by Crippen LogP contribution is 2.07. The molecular formula is C11H22N2O3. The predicted octanol–water partition coefficient (Wildman–Crippen LogP) is 0.554. The topological polar surface area (TPSA) is 69.6 Å². The molecule has 0 spiro atoms. The monoisotopic (exact) mass is 230 g/mol. The van der Waals surface area contributed by atoms with E-state index >= 15 is 0 Å². The summed E-state index contributed by atoms with van der Waals surface area (Å²) in [5, 5.41) is 12.0. The van der Waals surface area contributed by atoms with Crippen LogP contribution in [-0.4, -0.2) is 48.1 Å². The summed E-state index contributed by atoms with van der Waals surface area (Å²) in [6.07, 6.45) is 0.422. The average Bonchev–Trinajstić information content (AvgIpc) is 2.24. The summed E-state index contributed by atoms with van der Waals surface area (Å²) in [6.45, 7) is 6.91. The van der Waals surface area contributed by atoms with E-state index in [1.807, 2.05) is 6.92 Å². The van der Waals surface area contributed by atoms with Gasteiger partial charge in [-0.2, -0.15) is 0 Å². The van der Waals surface area contributed by atoms with Gasteiger partial charge >= 0.3 is 5.97 Å². The molecule has 0 aromatic heterocycles. The van der Waals surface area contributed by atoms with Crippen LogP contribution in [0, 0.1) is 5.92 Å². The van der Waals surface area contributed by atoms with Gasteiger partial charge in [-0.25, -0.2) is 4.79 Å². The Morgan fingerprint density at radius 1 is 1.38 bits per heavy atom. The van der Waals surface area contributed by atoms with Gasteiger partial charge in [0.25, 0.3) is 0 Å². The van der Waals surface area contributed by atoms with Crippen molar-refractivity contribution in [2.45, 2.75) is 33.2 Å². The van der Waals surface area contributed by atoms with E-state index in [0.717, 1.165) is 6.54 Å². The summed E-state index contributed by atoms with van der Waals surface area (Å²) in [4.78, 5) is 24.1. The zero-order chi connectivity index (χ0) is 12.7. The number of carbonyl (C=O) groups excluding carboxylic acids is 1. The van der Waals surface area contributed by atoms with E-state index in [1.54, 1.807) is 20.9 Å². The largest absolute Gasteiger partial charge is 0.480 e. The van der Waals surface area contributed by atoms with Gasteiger partial charge in [0.15, 0.2) is 0 Å². The van der Waals surface area contributed by atoms with E-state index in [-0.39, 0.29) is 11.8 Å².